The van der Waals surface area contributed by atoms with Gasteiger partial charge in [-0.15, -0.1) is 11.8 Å². The van der Waals surface area contributed by atoms with E-state index < -0.39 is 0 Å². The van der Waals surface area contributed by atoms with E-state index in [-0.39, 0.29) is 6.61 Å². The molecule has 0 heterocycles. The fourth-order valence-electron chi connectivity index (χ4n) is 0.918. The van der Waals surface area contributed by atoms with Gasteiger partial charge in [0.05, 0.1) is 6.61 Å². The lowest BCUT2D eigenvalue weighted by molar-refractivity contribution is 0.350. The van der Waals surface area contributed by atoms with Gasteiger partial charge in [0.2, 0.25) is 0 Å². The van der Waals surface area contributed by atoms with Crippen LogP contribution < -0.4 is 0 Å². The lowest BCUT2D eigenvalue weighted by Gasteiger charge is -2.02. The number of benzene rings is 1. The highest BCUT2D eigenvalue weighted by Crippen LogP contribution is 2.18. The van der Waals surface area contributed by atoms with E-state index in [1.165, 1.54) is 4.90 Å². The predicted molar refractivity (Wildman–Crippen MR) is 54.3 cm³/mol. The third-order valence-electron chi connectivity index (χ3n) is 1.69. The van der Waals surface area contributed by atoms with Crippen LogP contribution in [0.3, 0.4) is 0 Å². The summed E-state index contributed by atoms with van der Waals surface area (Å²) in [5, 5.41) is 8.81. The highest BCUT2D eigenvalue weighted by Gasteiger charge is 1.96. The van der Waals surface area contributed by atoms with Crippen molar-refractivity contribution in [1.82, 2.24) is 0 Å². The molecule has 0 aromatic heterocycles. The van der Waals surface area contributed by atoms with E-state index in [4.69, 9.17) is 5.11 Å². The second-order valence-electron chi connectivity index (χ2n) is 2.49. The number of thioether (sulfide) groups is 1. The van der Waals surface area contributed by atoms with Crippen molar-refractivity contribution in [3.63, 3.8) is 0 Å². The van der Waals surface area contributed by atoms with Crippen molar-refractivity contribution in [1.29, 1.82) is 0 Å². The maximum absolute atomic E-state index is 8.81. The zero-order chi connectivity index (χ0) is 8.97. The summed E-state index contributed by atoms with van der Waals surface area (Å²) < 4.78 is 0. The topological polar surface area (TPSA) is 20.2 Å². The van der Waals surface area contributed by atoms with E-state index in [0.717, 1.165) is 11.1 Å². The average molecular weight is 180 g/mol. The third kappa shape index (κ3) is 2.13. The normalized spacial score (nSPS) is 9.83. The molecular weight excluding hydrogens is 168 g/mol. The molecule has 2 heteroatoms. The Kier molecular flexibility index (Phi) is 3.38. The Labute approximate surface area is 77.1 Å². The van der Waals surface area contributed by atoms with Crippen molar-refractivity contribution in [2.24, 2.45) is 0 Å². The van der Waals surface area contributed by atoms with Gasteiger partial charge in [0.1, 0.15) is 0 Å². The van der Waals surface area contributed by atoms with Gasteiger partial charge in [0.25, 0.3) is 0 Å². The van der Waals surface area contributed by atoms with Crippen LogP contribution >= 0.6 is 11.8 Å². The minimum absolute atomic E-state index is 0.0264. The average Bonchev–Trinajstić information content (AvgIpc) is 2.17. The van der Waals surface area contributed by atoms with E-state index in [1.54, 1.807) is 11.8 Å². The smallest absolute Gasteiger partial charge is 0.0681 e. The van der Waals surface area contributed by atoms with Gasteiger partial charge < -0.3 is 5.11 Å². The van der Waals surface area contributed by atoms with Crippen LogP contribution in [-0.4, -0.2) is 18.0 Å². The molecule has 1 rings (SSSR count). The first-order valence-electron chi connectivity index (χ1n) is 3.71. The van der Waals surface area contributed by atoms with Crippen LogP contribution in [0, 0.1) is 0 Å². The molecule has 0 aliphatic carbocycles. The second-order valence-corrected chi connectivity index (χ2v) is 3.37. The van der Waals surface area contributed by atoms with E-state index in [2.05, 4.69) is 6.58 Å². The maximum Gasteiger partial charge on any atom is 0.0681 e. The zero-order valence-electron chi connectivity index (χ0n) is 7.08. The van der Waals surface area contributed by atoms with Gasteiger partial charge in [-0.2, -0.15) is 0 Å². The van der Waals surface area contributed by atoms with Gasteiger partial charge in [0.15, 0.2) is 0 Å². The molecule has 1 aromatic carbocycles. The highest BCUT2D eigenvalue weighted by atomic mass is 32.2. The van der Waals surface area contributed by atoms with Crippen LogP contribution in [-0.2, 0) is 0 Å². The monoisotopic (exact) mass is 180 g/mol. The molecule has 0 amide bonds. The lowest BCUT2D eigenvalue weighted by atomic mass is 10.1. The second kappa shape index (κ2) is 4.33. The summed E-state index contributed by atoms with van der Waals surface area (Å²) in [5.74, 6) is 0. The molecule has 0 aliphatic heterocycles. The minimum Gasteiger partial charge on any atom is -0.392 e. The molecule has 0 bridgehead atoms. The fraction of sp³-hybridized carbons (Fsp3) is 0.200. The minimum atomic E-state index is 0.0264. The van der Waals surface area contributed by atoms with Crippen molar-refractivity contribution >= 4 is 17.3 Å². The van der Waals surface area contributed by atoms with Crippen LogP contribution in [0.1, 0.15) is 5.56 Å². The summed E-state index contributed by atoms with van der Waals surface area (Å²) in [7, 11) is 0. The zero-order valence-corrected chi connectivity index (χ0v) is 7.90. The Balaban J connectivity index is 2.84. The molecule has 0 unspecified atom stereocenters. The van der Waals surface area contributed by atoms with Crippen molar-refractivity contribution in [2.45, 2.75) is 4.90 Å². The molecule has 0 radical (unpaired) electrons. The Morgan fingerprint density at radius 1 is 1.42 bits per heavy atom. The van der Waals surface area contributed by atoms with Gasteiger partial charge in [-0.25, -0.2) is 0 Å². The fourth-order valence-corrected chi connectivity index (χ4v) is 1.33. The lowest BCUT2D eigenvalue weighted by Crippen LogP contribution is -1.87. The van der Waals surface area contributed by atoms with Gasteiger partial charge in [0, 0.05) is 4.90 Å². The van der Waals surface area contributed by atoms with Gasteiger partial charge >= 0.3 is 0 Å². The number of aliphatic hydroxyl groups is 1. The molecule has 12 heavy (non-hydrogen) atoms. The van der Waals surface area contributed by atoms with Gasteiger partial charge in [-0.05, 0) is 29.5 Å². The highest BCUT2D eigenvalue weighted by molar-refractivity contribution is 7.98. The first kappa shape index (κ1) is 9.36. The third-order valence-corrected chi connectivity index (χ3v) is 2.43. The molecule has 0 saturated carbocycles. The SMILES string of the molecule is C=C(CO)c1ccc(SC)cc1. The number of hydrogen-bond donors (Lipinski definition) is 1. The summed E-state index contributed by atoms with van der Waals surface area (Å²) in [4.78, 5) is 1.23. The van der Waals surface area contributed by atoms with Crippen molar-refractivity contribution in [3.05, 3.63) is 36.4 Å². The van der Waals surface area contributed by atoms with Crippen LogP contribution in [0.25, 0.3) is 5.57 Å². The van der Waals surface area contributed by atoms with E-state index in [9.17, 15) is 0 Å². The quantitative estimate of drug-likeness (QED) is 0.721. The first-order valence-corrected chi connectivity index (χ1v) is 4.93. The molecular formula is C10H12OS. The number of rotatable bonds is 3. The van der Waals surface area contributed by atoms with Gasteiger partial charge in [-0.1, -0.05) is 18.7 Å². The number of hydrogen-bond acceptors (Lipinski definition) is 2. The number of aliphatic hydroxyl groups excluding tert-OH is 1. The van der Waals surface area contributed by atoms with E-state index >= 15 is 0 Å². The molecule has 0 fully saturated rings. The summed E-state index contributed by atoms with van der Waals surface area (Å²) in [6.45, 7) is 3.77. The van der Waals surface area contributed by atoms with Crippen molar-refractivity contribution in [3.8, 4) is 0 Å². The van der Waals surface area contributed by atoms with Crippen LogP contribution in [0.2, 0.25) is 0 Å². The molecule has 1 aromatic rings. The summed E-state index contributed by atoms with van der Waals surface area (Å²) in [6, 6.07) is 8.01. The Morgan fingerprint density at radius 3 is 2.42 bits per heavy atom. The maximum atomic E-state index is 8.81. The molecule has 0 spiro atoms. The Morgan fingerprint density at radius 2 is 2.00 bits per heavy atom. The van der Waals surface area contributed by atoms with E-state index in [0.29, 0.717) is 0 Å². The van der Waals surface area contributed by atoms with Crippen molar-refractivity contribution < 1.29 is 5.11 Å². The summed E-state index contributed by atoms with van der Waals surface area (Å²) >= 11 is 1.70. The Hall–Kier alpha value is -0.730. The van der Waals surface area contributed by atoms with Crippen LogP contribution in [0.15, 0.2) is 35.7 Å². The first-order chi connectivity index (χ1) is 5.77. The summed E-state index contributed by atoms with van der Waals surface area (Å²) in [6.07, 6.45) is 2.04. The molecule has 1 nitrogen and oxygen atoms in total. The van der Waals surface area contributed by atoms with Crippen molar-refractivity contribution in [2.75, 3.05) is 12.9 Å². The molecule has 64 valence electrons. The predicted octanol–water partition coefficient (Wildman–Crippen LogP) is 2.41. The largest absolute Gasteiger partial charge is 0.392 e. The van der Waals surface area contributed by atoms with Gasteiger partial charge in [-0.3, -0.25) is 0 Å². The van der Waals surface area contributed by atoms with E-state index in [1.807, 2.05) is 30.5 Å². The Bertz CT molecular complexity index is 264. The molecule has 0 atom stereocenters. The molecule has 0 saturated heterocycles. The standard InChI is InChI=1S/C10H12OS/c1-8(7-11)9-3-5-10(12-2)6-4-9/h3-6,11H,1,7H2,2H3. The molecule has 1 N–H and O–H groups in total. The molecule has 0 aliphatic rings. The summed E-state index contributed by atoms with van der Waals surface area (Å²) in [5.41, 5.74) is 1.78. The van der Waals surface area contributed by atoms with Crippen LogP contribution in [0.4, 0.5) is 0 Å². The van der Waals surface area contributed by atoms with Crippen LogP contribution in [0.5, 0.6) is 0 Å².